The Bertz CT molecular complexity index is 3700. The second kappa shape index (κ2) is 12.6. The molecule has 288 valence electrons. The molecule has 0 N–H and O–H groups in total. The highest BCUT2D eigenvalue weighted by molar-refractivity contribution is 7.20. The van der Waals surface area contributed by atoms with Crippen molar-refractivity contribution in [1.82, 2.24) is 9.13 Å². The third-order valence-electron chi connectivity index (χ3n) is 13.8. The van der Waals surface area contributed by atoms with E-state index in [0.29, 0.717) is 0 Å². The lowest BCUT2D eigenvalue weighted by atomic mass is 10.0. The summed E-state index contributed by atoms with van der Waals surface area (Å²) in [6.07, 6.45) is 0. The van der Waals surface area contributed by atoms with Crippen molar-refractivity contribution in [2.24, 2.45) is 0 Å². The van der Waals surface area contributed by atoms with Crippen molar-refractivity contribution in [3.05, 3.63) is 218 Å². The maximum atomic E-state index is 6.44. The number of hydrogen-bond donors (Lipinski definition) is 0. The molecule has 0 aliphatic carbocycles. The van der Waals surface area contributed by atoms with Crippen molar-refractivity contribution in [1.29, 1.82) is 0 Å². The summed E-state index contributed by atoms with van der Waals surface area (Å²) in [6, 6.07) is 81.5. The SMILES string of the molecule is c1ccc([Si](c2ccc(-n3c4cccc5ccc6cccc3c6c54)cc2)(c2ccc(-n3c4cccc5ccc6cccc3c6c54)cc2)c2ccc3oc4ccccc4c3c2)cc1. The maximum Gasteiger partial charge on any atom is 0.179 e. The highest BCUT2D eigenvalue weighted by atomic mass is 28.3. The van der Waals surface area contributed by atoms with Crippen LogP contribution in [0.3, 0.4) is 0 Å². The first-order valence-electron chi connectivity index (χ1n) is 21.4. The van der Waals surface area contributed by atoms with Crippen LogP contribution in [0.4, 0.5) is 0 Å². The van der Waals surface area contributed by atoms with Gasteiger partial charge in [-0.05, 0) is 103 Å². The molecule has 4 heteroatoms. The van der Waals surface area contributed by atoms with Crippen molar-refractivity contribution >= 4 is 116 Å². The number of nitrogens with zero attached hydrogens (tertiary/aromatic N) is 2. The quantitative estimate of drug-likeness (QED) is 0.0933. The molecule has 3 aromatic heterocycles. The number of aromatic nitrogens is 2. The monoisotopic (exact) mass is 804 g/mol. The van der Waals surface area contributed by atoms with Crippen molar-refractivity contribution in [2.45, 2.75) is 0 Å². The van der Waals surface area contributed by atoms with E-state index in [0.717, 1.165) is 33.3 Å². The molecule has 0 aliphatic rings. The van der Waals surface area contributed by atoms with Crippen LogP contribution in [0.1, 0.15) is 0 Å². The predicted octanol–water partition coefficient (Wildman–Crippen LogP) is 12.3. The Morgan fingerprint density at radius 1 is 0.290 bits per heavy atom. The summed E-state index contributed by atoms with van der Waals surface area (Å²) >= 11 is 0. The van der Waals surface area contributed by atoms with E-state index in [1.54, 1.807) is 0 Å². The van der Waals surface area contributed by atoms with Crippen LogP contribution in [0.15, 0.2) is 223 Å². The third kappa shape index (κ3) is 4.48. The van der Waals surface area contributed by atoms with Gasteiger partial charge in [-0.3, -0.25) is 0 Å². The summed E-state index contributed by atoms with van der Waals surface area (Å²) < 4.78 is 11.3. The molecule has 0 aliphatic heterocycles. The number of hydrogen-bond acceptors (Lipinski definition) is 1. The zero-order valence-corrected chi connectivity index (χ0v) is 34.6. The topological polar surface area (TPSA) is 23.0 Å². The highest BCUT2D eigenvalue weighted by Crippen LogP contribution is 2.40. The molecule has 0 fully saturated rings. The molecule has 11 aromatic carbocycles. The van der Waals surface area contributed by atoms with Gasteiger partial charge < -0.3 is 13.6 Å². The van der Waals surface area contributed by atoms with Crippen LogP contribution in [0.5, 0.6) is 0 Å². The second-order valence-electron chi connectivity index (χ2n) is 16.8. The van der Waals surface area contributed by atoms with Gasteiger partial charge in [0.05, 0.1) is 22.1 Å². The molecule has 62 heavy (non-hydrogen) atoms. The van der Waals surface area contributed by atoms with Crippen LogP contribution in [-0.4, -0.2) is 17.2 Å². The van der Waals surface area contributed by atoms with Crippen molar-refractivity contribution < 1.29 is 4.42 Å². The first kappa shape index (κ1) is 33.9. The lowest BCUT2D eigenvalue weighted by molar-refractivity contribution is 0.669. The van der Waals surface area contributed by atoms with Crippen LogP contribution >= 0.6 is 0 Å². The highest BCUT2D eigenvalue weighted by Gasteiger charge is 2.42. The van der Waals surface area contributed by atoms with Crippen LogP contribution in [-0.2, 0) is 0 Å². The molecule has 0 radical (unpaired) electrons. The van der Waals surface area contributed by atoms with Gasteiger partial charge in [-0.15, -0.1) is 0 Å². The molecule has 3 nitrogen and oxygen atoms in total. The molecule has 0 amide bonds. The first-order valence-corrected chi connectivity index (χ1v) is 23.4. The molecule has 0 saturated carbocycles. The van der Waals surface area contributed by atoms with Gasteiger partial charge in [0.25, 0.3) is 0 Å². The van der Waals surface area contributed by atoms with Crippen LogP contribution < -0.4 is 20.7 Å². The van der Waals surface area contributed by atoms with E-state index in [9.17, 15) is 0 Å². The van der Waals surface area contributed by atoms with Crippen molar-refractivity contribution in [2.75, 3.05) is 0 Å². The van der Waals surface area contributed by atoms with Gasteiger partial charge in [0.2, 0.25) is 0 Å². The Balaban J connectivity index is 1.02. The molecular weight excluding hydrogens is 769 g/mol. The van der Waals surface area contributed by atoms with Gasteiger partial charge in [-0.25, -0.2) is 0 Å². The molecular formula is C58H36N2OSi. The minimum Gasteiger partial charge on any atom is -0.456 e. The van der Waals surface area contributed by atoms with Crippen LogP contribution in [0.25, 0.3) is 98.5 Å². The zero-order valence-electron chi connectivity index (χ0n) is 33.6. The molecule has 14 aromatic rings. The number of fused-ring (bicyclic) bond motifs is 3. The third-order valence-corrected chi connectivity index (χ3v) is 18.6. The zero-order chi connectivity index (χ0) is 40.5. The lowest BCUT2D eigenvalue weighted by Crippen LogP contribution is -2.74. The van der Waals surface area contributed by atoms with Crippen LogP contribution in [0.2, 0.25) is 0 Å². The molecule has 0 saturated heterocycles. The van der Waals surface area contributed by atoms with E-state index in [4.69, 9.17) is 4.42 Å². The number of benzene rings is 11. The average molecular weight is 805 g/mol. The van der Waals surface area contributed by atoms with Gasteiger partial charge >= 0.3 is 0 Å². The van der Waals surface area contributed by atoms with Gasteiger partial charge in [-0.1, -0.05) is 158 Å². The maximum absolute atomic E-state index is 6.44. The second-order valence-corrected chi connectivity index (χ2v) is 20.6. The van der Waals surface area contributed by atoms with E-state index in [2.05, 4.69) is 228 Å². The predicted molar refractivity (Wildman–Crippen MR) is 263 cm³/mol. The lowest BCUT2D eigenvalue weighted by Gasteiger charge is -2.34. The van der Waals surface area contributed by atoms with E-state index in [1.807, 2.05) is 0 Å². The molecule has 0 atom stereocenters. The summed E-state index contributed by atoms with van der Waals surface area (Å²) in [7, 11) is -3.00. The van der Waals surface area contributed by atoms with Gasteiger partial charge in [0.15, 0.2) is 8.07 Å². The fourth-order valence-electron chi connectivity index (χ4n) is 11.2. The molecule has 0 unspecified atom stereocenters. The largest absolute Gasteiger partial charge is 0.456 e. The Morgan fingerprint density at radius 3 is 1.18 bits per heavy atom. The Kier molecular flexibility index (Phi) is 6.86. The summed E-state index contributed by atoms with van der Waals surface area (Å²) in [4.78, 5) is 0. The van der Waals surface area contributed by atoms with Gasteiger partial charge in [0.1, 0.15) is 11.2 Å². The fraction of sp³-hybridized carbons (Fsp3) is 0. The smallest absolute Gasteiger partial charge is 0.179 e. The average Bonchev–Trinajstić information content (AvgIpc) is 4.00. The van der Waals surface area contributed by atoms with E-state index in [1.165, 1.54) is 85.9 Å². The van der Waals surface area contributed by atoms with Crippen molar-refractivity contribution in [3.63, 3.8) is 0 Å². The molecule has 14 rings (SSSR count). The van der Waals surface area contributed by atoms with E-state index < -0.39 is 8.07 Å². The molecule has 0 bridgehead atoms. The summed E-state index contributed by atoms with van der Waals surface area (Å²) in [5, 5.41) is 18.0. The standard InChI is InChI=1S/C58H36N2OSi/c1-2-14-43(15-3-1)62(46-34-35-54-48(36-46)47-16-4-5-21-53(47)61-54,44-30-26-41(27-31-44)59-49-17-6-10-37-22-23-38-11-7-18-50(59)56(38)55(37)49)45-32-28-42(29-33-45)60-51-19-8-12-39-24-25-40-13-9-20-52(60)58(40)57(39)51/h1-36H. The number of para-hydroxylation sites is 1. The Labute approximate surface area is 357 Å². The fourth-order valence-corrected chi connectivity index (χ4v) is 15.9. The Hall–Kier alpha value is -7.92. The first-order chi connectivity index (χ1) is 30.7. The van der Waals surface area contributed by atoms with E-state index >= 15 is 0 Å². The minimum atomic E-state index is -3.00. The minimum absolute atomic E-state index is 0.908. The summed E-state index contributed by atoms with van der Waals surface area (Å²) in [6.45, 7) is 0. The summed E-state index contributed by atoms with van der Waals surface area (Å²) in [5.74, 6) is 0. The van der Waals surface area contributed by atoms with Crippen molar-refractivity contribution in [3.8, 4) is 11.4 Å². The van der Waals surface area contributed by atoms with E-state index in [-0.39, 0.29) is 0 Å². The number of rotatable bonds is 6. The number of furan rings is 1. The molecule has 3 heterocycles. The molecule has 0 spiro atoms. The Morgan fingerprint density at radius 2 is 0.694 bits per heavy atom. The van der Waals surface area contributed by atoms with Gasteiger partial charge in [0, 0.05) is 43.7 Å². The van der Waals surface area contributed by atoms with Gasteiger partial charge in [-0.2, -0.15) is 0 Å². The summed E-state index contributed by atoms with van der Waals surface area (Å²) in [5.41, 5.74) is 9.07. The van der Waals surface area contributed by atoms with Crippen LogP contribution in [0, 0.1) is 0 Å². The normalized spacial score (nSPS) is 12.5.